The molecule has 170 valence electrons. The number of aromatic nitrogens is 1. The van der Waals surface area contributed by atoms with E-state index < -0.39 is 15.9 Å². The van der Waals surface area contributed by atoms with Crippen molar-refractivity contribution in [1.29, 1.82) is 0 Å². The van der Waals surface area contributed by atoms with Crippen molar-refractivity contribution in [2.75, 3.05) is 13.2 Å². The van der Waals surface area contributed by atoms with Crippen LogP contribution < -0.4 is 9.54 Å². The molecule has 0 radical (unpaired) electrons. The van der Waals surface area contributed by atoms with Crippen molar-refractivity contribution in [3.05, 3.63) is 52.8 Å². The summed E-state index contributed by atoms with van der Waals surface area (Å²) in [5, 5.41) is 0. The fourth-order valence-electron chi connectivity index (χ4n) is 3.96. The normalized spacial score (nSPS) is 18.2. The first-order chi connectivity index (χ1) is 15.3. The summed E-state index contributed by atoms with van der Waals surface area (Å²) in [7, 11) is -1.71. The third-order valence-corrected chi connectivity index (χ3v) is 8.86. The van der Waals surface area contributed by atoms with Crippen molar-refractivity contribution in [2.24, 2.45) is 12.0 Å². The number of hydrogen-bond acceptors (Lipinski definition) is 5. The quantitative estimate of drug-likeness (QED) is 0.562. The summed E-state index contributed by atoms with van der Waals surface area (Å²) >= 11 is 1.41. The van der Waals surface area contributed by atoms with Gasteiger partial charge in [0, 0.05) is 25.2 Å². The molecule has 1 unspecified atom stereocenters. The first kappa shape index (κ1) is 22.7. The molecule has 1 aliphatic heterocycles. The van der Waals surface area contributed by atoms with Crippen molar-refractivity contribution >= 4 is 37.5 Å². The van der Waals surface area contributed by atoms with Crippen LogP contribution in [0.2, 0.25) is 0 Å². The van der Waals surface area contributed by atoms with Crippen LogP contribution in [-0.2, 0) is 17.1 Å². The molecule has 2 heterocycles. The van der Waals surface area contributed by atoms with E-state index in [1.165, 1.54) is 35.6 Å². The van der Waals surface area contributed by atoms with Crippen LogP contribution in [0.15, 0.2) is 52.4 Å². The van der Waals surface area contributed by atoms with Crippen LogP contribution in [0.3, 0.4) is 0 Å². The van der Waals surface area contributed by atoms with Crippen LogP contribution in [-0.4, -0.2) is 42.4 Å². The highest BCUT2D eigenvalue weighted by atomic mass is 32.2. The molecule has 4 rings (SSSR count). The Morgan fingerprint density at radius 3 is 2.62 bits per heavy atom. The molecule has 1 atom stereocenters. The number of fused-ring (bicyclic) bond motifs is 1. The van der Waals surface area contributed by atoms with E-state index in [0.29, 0.717) is 23.5 Å². The van der Waals surface area contributed by atoms with Crippen LogP contribution in [0.5, 0.6) is 5.75 Å². The van der Waals surface area contributed by atoms with Crippen molar-refractivity contribution in [3.63, 3.8) is 0 Å². The van der Waals surface area contributed by atoms with Crippen molar-refractivity contribution in [1.82, 2.24) is 8.87 Å². The van der Waals surface area contributed by atoms with Crippen LogP contribution in [0.1, 0.15) is 43.5 Å². The first-order valence-corrected chi connectivity index (χ1v) is 13.0. The van der Waals surface area contributed by atoms with Crippen molar-refractivity contribution < 1.29 is 17.9 Å². The van der Waals surface area contributed by atoms with Gasteiger partial charge in [-0.05, 0) is 69.2 Å². The molecule has 3 aromatic rings. The molecular weight excluding hydrogens is 446 g/mol. The fourth-order valence-corrected chi connectivity index (χ4v) is 6.71. The molecule has 0 bridgehead atoms. The second-order valence-electron chi connectivity index (χ2n) is 7.91. The molecule has 1 aliphatic rings. The van der Waals surface area contributed by atoms with E-state index >= 15 is 0 Å². The molecular formula is C23H27N3O4S2. The van der Waals surface area contributed by atoms with Crippen molar-refractivity contribution in [2.45, 2.75) is 44.0 Å². The number of hydrogen-bond donors (Lipinski definition) is 0. The van der Waals surface area contributed by atoms with E-state index in [9.17, 15) is 13.2 Å². The number of rotatable bonds is 5. The van der Waals surface area contributed by atoms with Gasteiger partial charge in [-0.1, -0.05) is 17.8 Å². The zero-order chi connectivity index (χ0) is 22.9. The Bertz CT molecular complexity index is 1310. The van der Waals surface area contributed by atoms with Gasteiger partial charge >= 0.3 is 0 Å². The van der Waals surface area contributed by atoms with E-state index in [0.717, 1.165) is 35.2 Å². The number of ether oxygens (including phenoxy) is 1. The summed E-state index contributed by atoms with van der Waals surface area (Å²) in [6.07, 6.45) is 2.79. The molecule has 1 saturated heterocycles. The monoisotopic (exact) mass is 473 g/mol. The lowest BCUT2D eigenvalue weighted by molar-refractivity contribution is 0.0998. The summed E-state index contributed by atoms with van der Waals surface area (Å²) in [5.41, 5.74) is 1.31. The predicted molar refractivity (Wildman–Crippen MR) is 126 cm³/mol. The molecule has 0 saturated carbocycles. The molecule has 0 spiro atoms. The van der Waals surface area contributed by atoms with Gasteiger partial charge in [0.1, 0.15) is 5.75 Å². The van der Waals surface area contributed by atoms with Crippen LogP contribution >= 0.6 is 11.3 Å². The Labute approximate surface area is 192 Å². The SMILES string of the molecule is CCOc1ccc2c(c1)sc(=NC(=O)c1ccc(S(=O)(=O)N3CCCCC3C)cc1)n2C. The van der Waals surface area contributed by atoms with Gasteiger partial charge in [0.15, 0.2) is 4.80 Å². The summed E-state index contributed by atoms with van der Waals surface area (Å²) in [4.78, 5) is 17.8. The standard InChI is InChI=1S/C23H27N3O4S2/c1-4-30-18-10-13-20-21(15-18)31-23(25(20)3)24-22(27)17-8-11-19(12-9-17)32(28,29)26-14-6-5-7-16(26)2/h8-13,15-16H,4-7,14H2,1-3H3. The molecule has 1 aromatic heterocycles. The molecule has 0 aliphatic carbocycles. The van der Waals surface area contributed by atoms with Crippen LogP contribution in [0.4, 0.5) is 0 Å². The molecule has 0 N–H and O–H groups in total. The molecule has 1 amide bonds. The number of aryl methyl sites for hydroxylation is 1. The number of benzene rings is 2. The summed E-state index contributed by atoms with van der Waals surface area (Å²) in [6.45, 7) is 4.99. The smallest absolute Gasteiger partial charge is 0.279 e. The Hall–Kier alpha value is -2.49. The maximum atomic E-state index is 13.0. The van der Waals surface area contributed by atoms with Crippen LogP contribution in [0, 0.1) is 0 Å². The molecule has 9 heteroatoms. The summed E-state index contributed by atoms with van der Waals surface area (Å²) in [6, 6.07) is 11.8. The van der Waals surface area contributed by atoms with E-state index in [1.807, 2.05) is 43.7 Å². The zero-order valence-electron chi connectivity index (χ0n) is 18.4. The Kier molecular flexibility index (Phi) is 6.50. The molecule has 1 fully saturated rings. The Morgan fingerprint density at radius 1 is 1.19 bits per heavy atom. The van der Waals surface area contributed by atoms with Gasteiger partial charge < -0.3 is 9.30 Å². The Morgan fingerprint density at radius 2 is 1.94 bits per heavy atom. The van der Waals surface area contributed by atoms with E-state index in [1.54, 1.807) is 4.31 Å². The van der Waals surface area contributed by atoms with E-state index in [4.69, 9.17) is 4.74 Å². The maximum absolute atomic E-state index is 13.0. The van der Waals surface area contributed by atoms with Crippen molar-refractivity contribution in [3.8, 4) is 5.75 Å². The lowest BCUT2D eigenvalue weighted by Gasteiger charge is -2.32. The third-order valence-electron chi connectivity index (χ3n) is 5.74. The molecule has 32 heavy (non-hydrogen) atoms. The van der Waals surface area contributed by atoms with Gasteiger partial charge in [-0.15, -0.1) is 0 Å². The predicted octanol–water partition coefficient (Wildman–Crippen LogP) is 3.94. The minimum Gasteiger partial charge on any atom is -0.494 e. The lowest BCUT2D eigenvalue weighted by atomic mass is 10.1. The second-order valence-corrected chi connectivity index (χ2v) is 10.8. The minimum atomic E-state index is -3.57. The number of amides is 1. The lowest BCUT2D eigenvalue weighted by Crippen LogP contribution is -2.41. The average molecular weight is 474 g/mol. The number of nitrogens with zero attached hydrogens (tertiary/aromatic N) is 3. The first-order valence-electron chi connectivity index (χ1n) is 10.7. The average Bonchev–Trinajstić information content (AvgIpc) is 3.08. The number of piperidine rings is 1. The van der Waals surface area contributed by atoms with Gasteiger partial charge in [-0.3, -0.25) is 4.79 Å². The highest BCUT2D eigenvalue weighted by molar-refractivity contribution is 7.89. The number of thiazole rings is 1. The Balaban J connectivity index is 1.60. The van der Waals surface area contributed by atoms with Gasteiger partial charge in [-0.2, -0.15) is 9.30 Å². The number of carbonyl (C=O) groups excluding carboxylic acids is 1. The zero-order valence-corrected chi connectivity index (χ0v) is 20.1. The topological polar surface area (TPSA) is 81.0 Å². The number of carbonyl (C=O) groups is 1. The maximum Gasteiger partial charge on any atom is 0.279 e. The summed E-state index contributed by atoms with van der Waals surface area (Å²) in [5.74, 6) is 0.368. The highest BCUT2D eigenvalue weighted by Gasteiger charge is 2.30. The fraction of sp³-hybridized carbons (Fsp3) is 0.391. The van der Waals surface area contributed by atoms with E-state index in [2.05, 4.69) is 4.99 Å². The van der Waals surface area contributed by atoms with Crippen LogP contribution in [0.25, 0.3) is 10.2 Å². The second kappa shape index (κ2) is 9.17. The third kappa shape index (κ3) is 4.37. The highest BCUT2D eigenvalue weighted by Crippen LogP contribution is 2.26. The largest absolute Gasteiger partial charge is 0.494 e. The summed E-state index contributed by atoms with van der Waals surface area (Å²) < 4.78 is 35.9. The molecule has 7 nitrogen and oxygen atoms in total. The van der Waals surface area contributed by atoms with Gasteiger partial charge in [0.25, 0.3) is 5.91 Å². The van der Waals surface area contributed by atoms with Gasteiger partial charge in [-0.25, -0.2) is 8.42 Å². The molecule has 2 aromatic carbocycles. The number of sulfonamides is 1. The minimum absolute atomic E-state index is 0.0127. The van der Waals surface area contributed by atoms with E-state index in [-0.39, 0.29) is 10.9 Å². The van der Waals surface area contributed by atoms with Gasteiger partial charge in [0.05, 0.1) is 21.7 Å². The van der Waals surface area contributed by atoms with Gasteiger partial charge in [0.2, 0.25) is 10.0 Å².